The lowest BCUT2D eigenvalue weighted by Gasteiger charge is -2.17. The number of carbonyl (C=O) groups is 1. The van der Waals surface area contributed by atoms with Crippen molar-refractivity contribution in [3.05, 3.63) is 72.3 Å². The van der Waals surface area contributed by atoms with Gasteiger partial charge in [0.1, 0.15) is 12.1 Å². The van der Waals surface area contributed by atoms with Crippen LogP contribution in [0.15, 0.2) is 61.1 Å². The van der Waals surface area contributed by atoms with Gasteiger partial charge in [-0.25, -0.2) is 14.6 Å². The molecule has 2 aromatic carbocycles. The number of ether oxygens (including phenoxy) is 3. The van der Waals surface area contributed by atoms with Gasteiger partial charge in [0.05, 0.1) is 42.8 Å². The highest BCUT2D eigenvalue weighted by atomic mass is 16.5. The van der Waals surface area contributed by atoms with Crippen LogP contribution in [0.5, 0.6) is 17.2 Å². The molecule has 3 aromatic heterocycles. The number of para-hydroxylation sites is 1. The Morgan fingerprint density at radius 2 is 1.59 bits per heavy atom. The van der Waals surface area contributed by atoms with Gasteiger partial charge < -0.3 is 19.5 Å². The van der Waals surface area contributed by atoms with E-state index < -0.39 is 0 Å². The molecular weight excluding hydrogens is 498 g/mol. The number of aryl methyl sites for hydroxylation is 1. The topological polar surface area (TPSA) is 118 Å². The van der Waals surface area contributed by atoms with Crippen molar-refractivity contribution in [3.63, 3.8) is 0 Å². The van der Waals surface area contributed by atoms with Gasteiger partial charge in [-0.2, -0.15) is 14.9 Å². The van der Waals surface area contributed by atoms with E-state index in [1.165, 1.54) is 6.33 Å². The number of fused-ring (bicyclic) bond motifs is 1. The zero-order valence-electron chi connectivity index (χ0n) is 22.2. The predicted octanol–water partition coefficient (Wildman–Crippen LogP) is 4.76. The minimum atomic E-state index is -0.369. The third-order valence-corrected chi connectivity index (χ3v) is 5.79. The van der Waals surface area contributed by atoms with Gasteiger partial charge >= 0.3 is 0 Å². The van der Waals surface area contributed by atoms with Gasteiger partial charge in [-0.15, -0.1) is 0 Å². The van der Waals surface area contributed by atoms with Crippen molar-refractivity contribution in [2.75, 3.05) is 25.1 Å². The van der Waals surface area contributed by atoms with E-state index in [1.807, 2.05) is 58.0 Å². The van der Waals surface area contributed by atoms with Crippen LogP contribution in [-0.4, -0.2) is 55.3 Å². The average Bonchev–Trinajstić information content (AvgIpc) is 3.54. The van der Waals surface area contributed by atoms with E-state index in [0.29, 0.717) is 71.0 Å². The van der Waals surface area contributed by atoms with Crippen molar-refractivity contribution in [1.29, 1.82) is 0 Å². The van der Waals surface area contributed by atoms with Gasteiger partial charge in [0.2, 0.25) is 5.75 Å². The third-order valence-electron chi connectivity index (χ3n) is 5.79. The lowest BCUT2D eigenvalue weighted by Crippen LogP contribution is -2.16. The van der Waals surface area contributed by atoms with Gasteiger partial charge in [-0.05, 0) is 52.0 Å². The maximum atomic E-state index is 13.5. The summed E-state index contributed by atoms with van der Waals surface area (Å²) in [7, 11) is 0. The highest BCUT2D eigenvalue weighted by Gasteiger charge is 2.21. The molecule has 5 rings (SSSR count). The van der Waals surface area contributed by atoms with Crippen LogP contribution in [0.25, 0.3) is 22.5 Å². The Hall–Kier alpha value is -4.93. The van der Waals surface area contributed by atoms with Crippen molar-refractivity contribution in [2.45, 2.75) is 27.7 Å². The summed E-state index contributed by atoms with van der Waals surface area (Å²) < 4.78 is 20.6. The van der Waals surface area contributed by atoms with Crippen molar-refractivity contribution >= 4 is 22.8 Å². The zero-order chi connectivity index (χ0) is 27.4. The average molecular weight is 528 g/mol. The Labute approximate surface area is 225 Å². The largest absolute Gasteiger partial charge is 0.490 e. The number of aromatic nitrogens is 6. The molecule has 0 aliphatic rings. The monoisotopic (exact) mass is 527 g/mol. The van der Waals surface area contributed by atoms with Crippen LogP contribution < -0.4 is 19.5 Å². The van der Waals surface area contributed by atoms with Crippen molar-refractivity contribution in [1.82, 2.24) is 29.5 Å². The molecule has 5 aromatic rings. The fourth-order valence-electron chi connectivity index (χ4n) is 4.22. The van der Waals surface area contributed by atoms with Gasteiger partial charge in [-0.3, -0.25) is 4.79 Å². The van der Waals surface area contributed by atoms with Crippen LogP contribution in [0.1, 0.15) is 36.8 Å². The Morgan fingerprint density at radius 1 is 0.897 bits per heavy atom. The lowest BCUT2D eigenvalue weighted by atomic mass is 10.1. The molecule has 0 aliphatic heterocycles. The quantitative estimate of drug-likeness (QED) is 0.276. The third kappa shape index (κ3) is 5.11. The van der Waals surface area contributed by atoms with Crippen molar-refractivity contribution in [2.24, 2.45) is 0 Å². The molecule has 0 radical (unpaired) electrons. The predicted molar refractivity (Wildman–Crippen MR) is 146 cm³/mol. The second-order valence-corrected chi connectivity index (χ2v) is 8.46. The fraction of sp³-hybridized carbons (Fsp3) is 0.250. The number of hydrogen-bond donors (Lipinski definition) is 1. The van der Waals surface area contributed by atoms with Crippen molar-refractivity contribution < 1.29 is 19.0 Å². The highest BCUT2D eigenvalue weighted by Crippen LogP contribution is 2.39. The Balaban J connectivity index is 1.52. The molecule has 0 fully saturated rings. The second kappa shape index (κ2) is 11.2. The van der Waals surface area contributed by atoms with E-state index in [4.69, 9.17) is 14.2 Å². The van der Waals surface area contributed by atoms with E-state index in [1.54, 1.807) is 33.8 Å². The van der Waals surface area contributed by atoms with Gasteiger partial charge in [-0.1, -0.05) is 18.2 Å². The smallest absolute Gasteiger partial charge is 0.257 e. The molecule has 0 unspecified atom stereocenters. The molecule has 0 saturated carbocycles. The van der Waals surface area contributed by atoms with Gasteiger partial charge in [0, 0.05) is 11.6 Å². The normalized spacial score (nSPS) is 11.0. The maximum Gasteiger partial charge on any atom is 0.257 e. The van der Waals surface area contributed by atoms with Crippen LogP contribution >= 0.6 is 0 Å². The van der Waals surface area contributed by atoms with E-state index in [2.05, 4.69) is 25.5 Å². The standard InChI is InChI=1S/C28H29N7O4/c1-5-37-22-14-19(15-23(38-6-2)25(22)39-7-3)28(36)32-24-13-18(4)33-35(24)27-21-16-31-34(26(21)29-17-30-27)20-11-9-8-10-12-20/h8-17H,5-7H2,1-4H3,(H,32,36). The Morgan fingerprint density at radius 3 is 2.26 bits per heavy atom. The molecule has 0 saturated heterocycles. The molecule has 39 heavy (non-hydrogen) atoms. The minimum absolute atomic E-state index is 0.348. The molecule has 1 N–H and O–H groups in total. The lowest BCUT2D eigenvalue weighted by molar-refractivity contribution is 0.102. The van der Waals surface area contributed by atoms with E-state index >= 15 is 0 Å². The SMILES string of the molecule is CCOc1cc(C(=O)Nc2cc(C)nn2-c2ncnc3c2cnn3-c2ccccc2)cc(OCC)c1OCC. The number of anilines is 1. The first kappa shape index (κ1) is 25.7. The summed E-state index contributed by atoms with van der Waals surface area (Å²) in [4.78, 5) is 22.4. The molecule has 11 nitrogen and oxygen atoms in total. The number of hydrogen-bond acceptors (Lipinski definition) is 8. The highest BCUT2D eigenvalue weighted by molar-refractivity contribution is 6.05. The first-order chi connectivity index (χ1) is 19.0. The molecule has 0 aliphatic carbocycles. The van der Waals surface area contributed by atoms with Crippen molar-refractivity contribution in [3.8, 4) is 28.8 Å². The van der Waals surface area contributed by atoms with E-state index in [-0.39, 0.29) is 5.91 Å². The molecule has 11 heteroatoms. The Kier molecular flexibility index (Phi) is 7.39. The molecule has 200 valence electrons. The number of nitrogens with zero attached hydrogens (tertiary/aromatic N) is 6. The summed E-state index contributed by atoms with van der Waals surface area (Å²) >= 11 is 0. The Bertz CT molecular complexity index is 1580. The van der Waals surface area contributed by atoms with Crippen LogP contribution in [0.4, 0.5) is 5.82 Å². The first-order valence-corrected chi connectivity index (χ1v) is 12.7. The first-order valence-electron chi connectivity index (χ1n) is 12.7. The summed E-state index contributed by atoms with van der Waals surface area (Å²) in [5.41, 5.74) is 2.53. The molecule has 0 atom stereocenters. The van der Waals surface area contributed by atoms with Crippen LogP contribution in [0, 0.1) is 6.92 Å². The zero-order valence-corrected chi connectivity index (χ0v) is 22.2. The molecule has 3 heterocycles. The minimum Gasteiger partial charge on any atom is -0.490 e. The number of rotatable bonds is 10. The van der Waals surface area contributed by atoms with Crippen LogP contribution in [-0.2, 0) is 0 Å². The van der Waals surface area contributed by atoms with Gasteiger partial charge in [0.15, 0.2) is 23.0 Å². The van der Waals surface area contributed by atoms with Gasteiger partial charge in [0.25, 0.3) is 5.91 Å². The molecular formula is C28H29N7O4. The molecule has 0 spiro atoms. The number of benzene rings is 2. The summed E-state index contributed by atoms with van der Waals surface area (Å²) in [6, 6.07) is 14.8. The summed E-state index contributed by atoms with van der Waals surface area (Å²) in [5, 5.41) is 12.8. The molecule has 1 amide bonds. The molecule has 0 bridgehead atoms. The summed E-state index contributed by atoms with van der Waals surface area (Å²) in [6.07, 6.45) is 3.14. The fourth-order valence-corrected chi connectivity index (χ4v) is 4.22. The number of carbonyl (C=O) groups excluding carboxylic acids is 1. The number of nitrogens with one attached hydrogen (secondary N) is 1. The summed E-state index contributed by atoms with van der Waals surface area (Å²) in [5.74, 6) is 1.90. The maximum absolute atomic E-state index is 13.5. The van der Waals surface area contributed by atoms with E-state index in [0.717, 1.165) is 5.69 Å². The van der Waals surface area contributed by atoms with Crippen LogP contribution in [0.2, 0.25) is 0 Å². The number of amides is 1. The van der Waals surface area contributed by atoms with Crippen LogP contribution in [0.3, 0.4) is 0 Å². The van der Waals surface area contributed by atoms with E-state index in [9.17, 15) is 4.79 Å². The second-order valence-electron chi connectivity index (χ2n) is 8.46. The summed E-state index contributed by atoms with van der Waals surface area (Å²) in [6.45, 7) is 8.70.